The van der Waals surface area contributed by atoms with Gasteiger partial charge < -0.3 is 20.1 Å². The van der Waals surface area contributed by atoms with E-state index in [1.54, 1.807) is 0 Å². The molecule has 0 aliphatic heterocycles. The number of ether oxygens (including phenoxy) is 2. The number of carbonyl (C=O) groups excluding carboxylic acids is 2. The lowest BCUT2D eigenvalue weighted by molar-refractivity contribution is -0.125. The molecule has 0 aromatic carbocycles. The number of methoxy groups -OCH3 is 1. The SMILES string of the molecule is CCCCCC(=O)NCCOCCNC(=O)COC. The fourth-order valence-electron chi connectivity index (χ4n) is 1.43. The molecule has 19 heavy (non-hydrogen) atoms. The Bertz CT molecular complexity index is 247. The first-order chi connectivity index (χ1) is 9.20. The lowest BCUT2D eigenvalue weighted by atomic mass is 10.2. The van der Waals surface area contributed by atoms with Crippen LogP contribution in [0.3, 0.4) is 0 Å². The minimum Gasteiger partial charge on any atom is -0.378 e. The Labute approximate surface area is 115 Å². The van der Waals surface area contributed by atoms with E-state index in [0.29, 0.717) is 32.7 Å². The lowest BCUT2D eigenvalue weighted by Gasteiger charge is -2.07. The van der Waals surface area contributed by atoms with Crippen LogP contribution in [-0.4, -0.2) is 51.8 Å². The van der Waals surface area contributed by atoms with E-state index in [1.165, 1.54) is 7.11 Å². The van der Waals surface area contributed by atoms with E-state index in [-0.39, 0.29) is 18.4 Å². The second-order valence-electron chi connectivity index (χ2n) is 4.20. The molecular formula is C13H26N2O4. The molecule has 112 valence electrons. The van der Waals surface area contributed by atoms with Gasteiger partial charge in [-0.3, -0.25) is 9.59 Å². The van der Waals surface area contributed by atoms with Crippen LogP contribution in [0.4, 0.5) is 0 Å². The molecule has 0 aliphatic carbocycles. The Balaban J connectivity index is 3.22. The Morgan fingerprint density at radius 2 is 1.63 bits per heavy atom. The number of unbranched alkanes of at least 4 members (excludes halogenated alkanes) is 2. The number of carbonyl (C=O) groups is 2. The molecule has 0 saturated carbocycles. The first-order valence-electron chi connectivity index (χ1n) is 6.80. The maximum absolute atomic E-state index is 11.3. The van der Waals surface area contributed by atoms with Gasteiger partial charge >= 0.3 is 0 Å². The summed E-state index contributed by atoms with van der Waals surface area (Å²) in [5, 5.41) is 5.43. The van der Waals surface area contributed by atoms with Crippen molar-refractivity contribution in [3.63, 3.8) is 0 Å². The number of amides is 2. The summed E-state index contributed by atoms with van der Waals surface area (Å²) in [7, 11) is 1.47. The topological polar surface area (TPSA) is 76.7 Å². The van der Waals surface area contributed by atoms with Crippen molar-refractivity contribution >= 4 is 11.8 Å². The molecule has 2 N–H and O–H groups in total. The average Bonchev–Trinajstić information content (AvgIpc) is 2.38. The summed E-state index contributed by atoms with van der Waals surface area (Å²) >= 11 is 0. The normalized spacial score (nSPS) is 10.2. The van der Waals surface area contributed by atoms with Crippen molar-refractivity contribution < 1.29 is 19.1 Å². The largest absolute Gasteiger partial charge is 0.378 e. The van der Waals surface area contributed by atoms with Gasteiger partial charge in [0.1, 0.15) is 6.61 Å². The first kappa shape index (κ1) is 17.9. The predicted octanol–water partition coefficient (Wildman–Crippen LogP) is 0.462. The zero-order valence-electron chi connectivity index (χ0n) is 12.0. The summed E-state index contributed by atoms with van der Waals surface area (Å²) in [6.45, 7) is 4.02. The molecular weight excluding hydrogens is 248 g/mol. The molecule has 0 aromatic heterocycles. The first-order valence-corrected chi connectivity index (χ1v) is 6.80. The molecule has 6 nitrogen and oxygen atoms in total. The van der Waals surface area contributed by atoms with Gasteiger partial charge in [-0.25, -0.2) is 0 Å². The van der Waals surface area contributed by atoms with Crippen molar-refractivity contribution in [1.29, 1.82) is 0 Å². The fourth-order valence-corrected chi connectivity index (χ4v) is 1.43. The van der Waals surface area contributed by atoms with Crippen LogP contribution >= 0.6 is 0 Å². The summed E-state index contributed by atoms with van der Waals surface area (Å²) in [5.74, 6) is -0.0826. The molecule has 0 bridgehead atoms. The number of hydrogen-bond donors (Lipinski definition) is 2. The van der Waals surface area contributed by atoms with Crippen molar-refractivity contribution in [3.05, 3.63) is 0 Å². The summed E-state index contributed by atoms with van der Waals surface area (Å²) < 4.78 is 9.93. The van der Waals surface area contributed by atoms with Crippen LogP contribution < -0.4 is 10.6 Å². The fraction of sp³-hybridized carbons (Fsp3) is 0.846. The highest BCUT2D eigenvalue weighted by Crippen LogP contribution is 1.97. The molecule has 2 amide bonds. The third kappa shape index (κ3) is 13.1. The number of rotatable bonds is 12. The molecule has 0 saturated heterocycles. The minimum atomic E-state index is -0.157. The van der Waals surface area contributed by atoms with Crippen molar-refractivity contribution in [2.24, 2.45) is 0 Å². The monoisotopic (exact) mass is 274 g/mol. The van der Waals surface area contributed by atoms with Crippen LogP contribution in [0.2, 0.25) is 0 Å². The molecule has 0 unspecified atom stereocenters. The van der Waals surface area contributed by atoms with Crippen LogP contribution in [-0.2, 0) is 19.1 Å². The zero-order valence-corrected chi connectivity index (χ0v) is 12.0. The molecule has 0 aliphatic rings. The standard InChI is InChI=1S/C13H26N2O4/c1-3-4-5-6-12(16)14-7-9-19-10-8-15-13(17)11-18-2/h3-11H2,1-2H3,(H,14,16)(H,15,17). The van der Waals surface area contributed by atoms with E-state index in [9.17, 15) is 9.59 Å². The van der Waals surface area contributed by atoms with Crippen LogP contribution in [0, 0.1) is 0 Å². The average molecular weight is 274 g/mol. The van der Waals surface area contributed by atoms with E-state index in [2.05, 4.69) is 22.3 Å². The maximum atomic E-state index is 11.3. The van der Waals surface area contributed by atoms with E-state index < -0.39 is 0 Å². The van der Waals surface area contributed by atoms with Gasteiger partial charge in [0.15, 0.2) is 0 Å². The number of nitrogens with one attached hydrogen (secondary N) is 2. The Morgan fingerprint density at radius 3 is 2.21 bits per heavy atom. The number of hydrogen-bond acceptors (Lipinski definition) is 4. The summed E-state index contributed by atoms with van der Waals surface area (Å²) in [5.41, 5.74) is 0. The van der Waals surface area contributed by atoms with Gasteiger partial charge in [0, 0.05) is 26.6 Å². The molecule has 0 atom stereocenters. The molecule has 6 heteroatoms. The zero-order chi connectivity index (χ0) is 14.3. The van der Waals surface area contributed by atoms with E-state index in [4.69, 9.17) is 4.74 Å². The van der Waals surface area contributed by atoms with Crippen LogP contribution in [0.1, 0.15) is 32.6 Å². The van der Waals surface area contributed by atoms with Crippen LogP contribution in [0.5, 0.6) is 0 Å². The quantitative estimate of drug-likeness (QED) is 0.507. The van der Waals surface area contributed by atoms with Crippen molar-refractivity contribution in [3.8, 4) is 0 Å². The third-order valence-electron chi connectivity index (χ3n) is 2.42. The van der Waals surface area contributed by atoms with Gasteiger partial charge in [0.25, 0.3) is 0 Å². The van der Waals surface area contributed by atoms with E-state index >= 15 is 0 Å². The summed E-state index contributed by atoms with van der Waals surface area (Å²) in [4.78, 5) is 22.3. The third-order valence-corrected chi connectivity index (χ3v) is 2.42. The van der Waals surface area contributed by atoms with Gasteiger partial charge in [-0.15, -0.1) is 0 Å². The van der Waals surface area contributed by atoms with Crippen molar-refractivity contribution in [2.45, 2.75) is 32.6 Å². The van der Waals surface area contributed by atoms with Crippen molar-refractivity contribution in [1.82, 2.24) is 10.6 Å². The molecule has 0 heterocycles. The summed E-state index contributed by atoms with van der Waals surface area (Å²) in [6, 6.07) is 0. The summed E-state index contributed by atoms with van der Waals surface area (Å²) in [6.07, 6.45) is 3.73. The van der Waals surface area contributed by atoms with E-state index in [0.717, 1.165) is 19.3 Å². The predicted molar refractivity (Wildman–Crippen MR) is 72.9 cm³/mol. The smallest absolute Gasteiger partial charge is 0.246 e. The Kier molecular flexibility index (Phi) is 12.5. The lowest BCUT2D eigenvalue weighted by Crippen LogP contribution is -2.31. The highest BCUT2D eigenvalue weighted by molar-refractivity contribution is 5.77. The van der Waals surface area contributed by atoms with Gasteiger partial charge in [-0.1, -0.05) is 19.8 Å². The Hall–Kier alpha value is -1.14. The van der Waals surface area contributed by atoms with Gasteiger partial charge in [-0.05, 0) is 6.42 Å². The molecule has 0 radical (unpaired) electrons. The van der Waals surface area contributed by atoms with Crippen LogP contribution in [0.25, 0.3) is 0 Å². The minimum absolute atomic E-state index is 0.0633. The van der Waals surface area contributed by atoms with Crippen LogP contribution in [0.15, 0.2) is 0 Å². The molecule has 0 spiro atoms. The molecule has 0 fully saturated rings. The van der Waals surface area contributed by atoms with E-state index in [1.807, 2.05) is 0 Å². The highest BCUT2D eigenvalue weighted by Gasteiger charge is 2.00. The Morgan fingerprint density at radius 1 is 1.00 bits per heavy atom. The second kappa shape index (κ2) is 13.3. The molecule has 0 aromatic rings. The van der Waals surface area contributed by atoms with Crippen molar-refractivity contribution in [2.75, 3.05) is 40.0 Å². The molecule has 0 rings (SSSR count). The maximum Gasteiger partial charge on any atom is 0.246 e. The van der Waals surface area contributed by atoms with Gasteiger partial charge in [-0.2, -0.15) is 0 Å². The highest BCUT2D eigenvalue weighted by atomic mass is 16.5. The van der Waals surface area contributed by atoms with Gasteiger partial charge in [0.05, 0.1) is 13.2 Å². The second-order valence-corrected chi connectivity index (χ2v) is 4.20. The van der Waals surface area contributed by atoms with Gasteiger partial charge in [0.2, 0.25) is 11.8 Å².